The third-order valence-corrected chi connectivity index (χ3v) is 24.2. The summed E-state index contributed by atoms with van der Waals surface area (Å²) < 4.78 is 69.2. The number of esters is 4. The molecule has 113 heavy (non-hydrogen) atoms. The van der Waals surface area contributed by atoms with Gasteiger partial charge in [0, 0.05) is 25.7 Å². The Bertz CT molecular complexity index is 2140. The predicted molar refractivity (Wildman–Crippen MR) is 469 cm³/mol. The molecule has 0 aliphatic heterocycles. The number of rotatable bonds is 94. The van der Waals surface area contributed by atoms with E-state index < -0.39 is 97.5 Å². The van der Waals surface area contributed by atoms with Gasteiger partial charge in [0.1, 0.15) is 19.3 Å². The summed E-state index contributed by atoms with van der Waals surface area (Å²) in [7, 11) is -9.94. The van der Waals surface area contributed by atoms with Gasteiger partial charge in [-0.1, -0.05) is 465 Å². The van der Waals surface area contributed by atoms with Gasteiger partial charge in [-0.05, 0) is 31.6 Å². The van der Waals surface area contributed by atoms with Gasteiger partial charge in [0.2, 0.25) is 0 Å². The van der Waals surface area contributed by atoms with E-state index in [4.69, 9.17) is 37.0 Å². The highest BCUT2D eigenvalue weighted by Crippen LogP contribution is 2.45. The molecule has 19 heteroatoms. The van der Waals surface area contributed by atoms with Crippen molar-refractivity contribution in [1.29, 1.82) is 0 Å². The Morgan fingerprint density at radius 2 is 0.407 bits per heavy atom. The minimum atomic E-state index is -4.97. The largest absolute Gasteiger partial charge is 0.472 e. The number of hydrogen-bond donors (Lipinski definition) is 3. The second kappa shape index (κ2) is 86.4. The molecule has 0 rings (SSSR count). The summed E-state index contributed by atoms with van der Waals surface area (Å²) >= 11 is 0. The van der Waals surface area contributed by atoms with Crippen molar-refractivity contribution in [1.82, 2.24) is 0 Å². The van der Waals surface area contributed by atoms with Crippen molar-refractivity contribution in [3.05, 3.63) is 0 Å². The van der Waals surface area contributed by atoms with E-state index in [0.29, 0.717) is 25.7 Å². The van der Waals surface area contributed by atoms with Gasteiger partial charge in [-0.25, -0.2) is 9.13 Å². The lowest BCUT2D eigenvalue weighted by Crippen LogP contribution is -2.30. The highest BCUT2D eigenvalue weighted by atomic mass is 31.2. The van der Waals surface area contributed by atoms with Crippen LogP contribution in [0.3, 0.4) is 0 Å². The molecule has 0 amide bonds. The Balaban J connectivity index is 5.25. The van der Waals surface area contributed by atoms with E-state index in [1.807, 2.05) is 0 Å². The molecular weight excluding hydrogens is 1460 g/mol. The summed E-state index contributed by atoms with van der Waals surface area (Å²) in [6.45, 7) is 7.46. The van der Waals surface area contributed by atoms with Gasteiger partial charge in [0.25, 0.3) is 0 Å². The maximum atomic E-state index is 13.2. The fraction of sp³-hybridized carbons (Fsp3) is 0.957. The van der Waals surface area contributed by atoms with Crippen LogP contribution in [0.25, 0.3) is 0 Å². The van der Waals surface area contributed by atoms with Gasteiger partial charge in [-0.2, -0.15) is 0 Å². The fourth-order valence-corrected chi connectivity index (χ4v) is 16.5. The van der Waals surface area contributed by atoms with E-state index in [2.05, 4.69) is 34.6 Å². The molecule has 0 spiro atoms. The summed E-state index contributed by atoms with van der Waals surface area (Å²) in [5.41, 5.74) is 0. The van der Waals surface area contributed by atoms with Crippen LogP contribution in [0.15, 0.2) is 0 Å². The van der Waals surface area contributed by atoms with Crippen LogP contribution in [-0.2, 0) is 65.4 Å². The monoisotopic (exact) mass is 1650 g/mol. The standard InChI is InChI=1S/C94H184O17P2/c1-6-9-12-15-18-21-24-27-29-31-33-34-35-40-43-48-53-58-63-68-73-78-92(97)105-84-90(111-94(99)80-75-70-65-60-55-50-45-41-37-36-38-42-47-51-56-61-66-71-76-87(4)5)86-109-113(102,103)107-82-88(95)81-106-112(100,101)108-85-89(83-104-91(96)77-72-67-62-57-52-46-26-23-20-17-14-11-8-3)110-93(98)79-74-69-64-59-54-49-44-39-32-30-28-25-22-19-16-13-10-7-2/h87-90,95H,6-86H2,1-5H3,(H,100,101)(H,102,103)/t88-,89+,90+/m0/s1. The van der Waals surface area contributed by atoms with Gasteiger partial charge >= 0.3 is 39.5 Å². The number of phosphoric ester groups is 2. The van der Waals surface area contributed by atoms with Crippen LogP contribution in [0.1, 0.15) is 516 Å². The zero-order valence-electron chi connectivity index (χ0n) is 74.5. The zero-order valence-corrected chi connectivity index (χ0v) is 76.3. The lowest BCUT2D eigenvalue weighted by atomic mass is 10.0. The van der Waals surface area contributed by atoms with Gasteiger partial charge in [0.05, 0.1) is 26.4 Å². The van der Waals surface area contributed by atoms with Gasteiger partial charge < -0.3 is 33.8 Å². The molecule has 0 heterocycles. The molecule has 0 aromatic rings. The first kappa shape index (κ1) is 111. The maximum absolute atomic E-state index is 13.2. The van der Waals surface area contributed by atoms with Crippen LogP contribution >= 0.6 is 15.6 Å². The zero-order chi connectivity index (χ0) is 82.6. The number of phosphoric acid groups is 2. The molecule has 0 aromatic carbocycles. The van der Waals surface area contributed by atoms with Crippen LogP contribution in [0.5, 0.6) is 0 Å². The van der Waals surface area contributed by atoms with Crippen LogP contribution in [0.4, 0.5) is 0 Å². The van der Waals surface area contributed by atoms with Crippen molar-refractivity contribution < 1.29 is 80.2 Å². The smallest absolute Gasteiger partial charge is 0.462 e. The van der Waals surface area contributed by atoms with E-state index in [9.17, 15) is 43.2 Å². The number of aliphatic hydroxyl groups excluding tert-OH is 1. The second-order valence-corrected chi connectivity index (χ2v) is 37.1. The molecule has 0 radical (unpaired) electrons. The number of carbonyl (C=O) groups is 4. The topological polar surface area (TPSA) is 237 Å². The van der Waals surface area contributed by atoms with E-state index in [1.54, 1.807) is 0 Å². The van der Waals surface area contributed by atoms with Crippen LogP contribution in [0, 0.1) is 5.92 Å². The van der Waals surface area contributed by atoms with Crippen LogP contribution < -0.4 is 0 Å². The molecule has 2 unspecified atom stereocenters. The third kappa shape index (κ3) is 87.7. The highest BCUT2D eigenvalue weighted by molar-refractivity contribution is 7.47. The first-order chi connectivity index (χ1) is 55.0. The van der Waals surface area contributed by atoms with Gasteiger partial charge in [-0.3, -0.25) is 37.3 Å². The summed E-state index contributed by atoms with van der Waals surface area (Å²) in [4.78, 5) is 73.5. The van der Waals surface area contributed by atoms with Crippen molar-refractivity contribution in [3.8, 4) is 0 Å². The summed E-state index contributed by atoms with van der Waals surface area (Å²) in [5, 5.41) is 10.7. The molecule has 3 N–H and O–H groups in total. The van der Waals surface area contributed by atoms with Crippen molar-refractivity contribution in [2.24, 2.45) is 5.92 Å². The normalized spacial score (nSPS) is 13.6. The Morgan fingerprint density at radius 3 is 0.602 bits per heavy atom. The minimum Gasteiger partial charge on any atom is -0.462 e. The summed E-state index contributed by atoms with van der Waals surface area (Å²) in [6, 6.07) is 0. The molecule has 0 fully saturated rings. The van der Waals surface area contributed by atoms with Crippen LogP contribution in [-0.4, -0.2) is 96.7 Å². The molecule has 5 atom stereocenters. The quantitative estimate of drug-likeness (QED) is 0.0222. The van der Waals surface area contributed by atoms with Gasteiger partial charge in [-0.15, -0.1) is 0 Å². The first-order valence-electron chi connectivity index (χ1n) is 48.6. The Morgan fingerprint density at radius 1 is 0.239 bits per heavy atom. The number of unbranched alkanes of at least 4 members (excludes halogenated alkanes) is 66. The van der Waals surface area contributed by atoms with Crippen molar-refractivity contribution >= 4 is 39.5 Å². The third-order valence-electron chi connectivity index (χ3n) is 22.3. The lowest BCUT2D eigenvalue weighted by molar-refractivity contribution is -0.161. The van der Waals surface area contributed by atoms with Crippen molar-refractivity contribution in [2.75, 3.05) is 39.6 Å². The van der Waals surface area contributed by atoms with Gasteiger partial charge in [0.15, 0.2) is 12.2 Å². The first-order valence-corrected chi connectivity index (χ1v) is 51.6. The molecule has 0 saturated carbocycles. The SMILES string of the molecule is CCCCCCCCCCCCCCCCCCCCCCCC(=O)OC[C@H](COP(=O)(O)OC[C@@H](O)COP(=O)(O)OC[C@@H](COC(=O)CCCCCCCCCCCCCCC)OC(=O)CCCCCCCCCCCCCCCCCCCC)OC(=O)CCCCCCCCCCCCCCCCCCCCC(C)C. The fourth-order valence-electron chi connectivity index (χ4n) is 14.9. The number of ether oxygens (including phenoxy) is 4. The molecule has 0 aliphatic rings. The van der Waals surface area contributed by atoms with Crippen molar-refractivity contribution in [2.45, 2.75) is 534 Å². The maximum Gasteiger partial charge on any atom is 0.472 e. The number of aliphatic hydroxyl groups is 1. The molecule has 0 aliphatic carbocycles. The molecule has 0 saturated heterocycles. The van der Waals surface area contributed by atoms with Crippen LogP contribution in [0.2, 0.25) is 0 Å². The molecule has 672 valence electrons. The minimum absolute atomic E-state index is 0.110. The van der Waals surface area contributed by atoms with E-state index in [1.165, 1.54) is 340 Å². The Labute approximate surface area is 696 Å². The average molecular weight is 1650 g/mol. The predicted octanol–water partition coefficient (Wildman–Crippen LogP) is 29.5. The average Bonchev–Trinajstić information content (AvgIpc) is 0.899. The molecule has 0 aromatic heterocycles. The number of hydrogen-bond acceptors (Lipinski definition) is 15. The second-order valence-electron chi connectivity index (χ2n) is 34.2. The van der Waals surface area contributed by atoms with E-state index in [0.717, 1.165) is 95.8 Å². The Hall–Kier alpha value is -1.94. The molecule has 0 bridgehead atoms. The van der Waals surface area contributed by atoms with E-state index >= 15 is 0 Å². The number of carbonyl (C=O) groups excluding carboxylic acids is 4. The lowest BCUT2D eigenvalue weighted by Gasteiger charge is -2.21. The summed E-state index contributed by atoms with van der Waals surface area (Å²) in [6.07, 6.45) is 83.4. The van der Waals surface area contributed by atoms with Crippen molar-refractivity contribution in [3.63, 3.8) is 0 Å². The molecular formula is C94H184O17P2. The molecule has 17 nitrogen and oxygen atoms in total. The summed E-state index contributed by atoms with van der Waals surface area (Å²) in [5.74, 6) is -1.27. The Kier molecular flexibility index (Phi) is 85.0. The highest BCUT2D eigenvalue weighted by Gasteiger charge is 2.31. The van der Waals surface area contributed by atoms with E-state index in [-0.39, 0.29) is 25.7 Å².